The zero-order chi connectivity index (χ0) is 6.57. The number of carbonyl (C=O) groups is 1. The molecule has 0 unspecified atom stereocenters. The van der Waals surface area contributed by atoms with Gasteiger partial charge in [-0.3, -0.25) is 9.79 Å². The van der Waals surface area contributed by atoms with Crippen LogP contribution in [0.25, 0.3) is 0 Å². The first-order valence-electron chi connectivity index (χ1n) is 2.33. The Bertz CT molecular complexity index is 109. The van der Waals surface area contributed by atoms with E-state index in [-0.39, 0.29) is 0 Å². The fourth-order valence-corrected chi connectivity index (χ4v) is 0.287. The van der Waals surface area contributed by atoms with Crippen molar-refractivity contribution in [2.24, 2.45) is 10.9 Å². The van der Waals surface area contributed by atoms with E-state index in [9.17, 15) is 4.79 Å². The van der Waals surface area contributed by atoms with Crippen LogP contribution in [0.4, 0.5) is 0 Å². The van der Waals surface area contributed by atoms with E-state index in [4.69, 9.17) is 5.11 Å². The maximum Gasteiger partial charge on any atom is 0.311 e. The number of aliphatic imine (C=N–C) groups is 1. The van der Waals surface area contributed by atoms with Gasteiger partial charge in [-0.1, -0.05) is 0 Å². The van der Waals surface area contributed by atoms with Crippen LogP contribution in [0, 0.1) is 5.92 Å². The molecule has 0 saturated heterocycles. The Morgan fingerprint density at radius 3 is 2.50 bits per heavy atom. The van der Waals surface area contributed by atoms with Crippen LogP contribution >= 0.6 is 0 Å². The Kier molecular flexibility index (Phi) is 2.84. The van der Waals surface area contributed by atoms with Crippen LogP contribution in [0.5, 0.6) is 0 Å². The van der Waals surface area contributed by atoms with E-state index in [0.717, 1.165) is 0 Å². The molecule has 0 bridgehead atoms. The number of carboxylic acids is 1. The second kappa shape index (κ2) is 3.18. The summed E-state index contributed by atoms with van der Waals surface area (Å²) in [6.07, 6.45) is 1.39. The quantitative estimate of drug-likeness (QED) is 0.530. The van der Waals surface area contributed by atoms with Crippen molar-refractivity contribution in [3.8, 4) is 0 Å². The summed E-state index contributed by atoms with van der Waals surface area (Å²) in [4.78, 5) is 13.5. The lowest BCUT2D eigenvalue weighted by atomic mass is 10.2. The van der Waals surface area contributed by atoms with Crippen LogP contribution in [-0.2, 0) is 4.79 Å². The number of rotatable bonds is 2. The van der Waals surface area contributed by atoms with Crippen molar-refractivity contribution in [2.75, 3.05) is 7.05 Å². The van der Waals surface area contributed by atoms with Crippen LogP contribution in [0.15, 0.2) is 4.99 Å². The van der Waals surface area contributed by atoms with Crippen molar-refractivity contribution in [3.63, 3.8) is 0 Å². The van der Waals surface area contributed by atoms with E-state index >= 15 is 0 Å². The number of hydrogen-bond acceptors (Lipinski definition) is 2. The average Bonchev–Trinajstić information content (AvgIpc) is 1.67. The monoisotopic (exact) mass is 115 g/mol. The smallest absolute Gasteiger partial charge is 0.311 e. The molecule has 0 radical (unpaired) electrons. The molecule has 46 valence electrons. The number of nitrogens with zero attached hydrogens (tertiary/aromatic N) is 1. The highest BCUT2D eigenvalue weighted by molar-refractivity contribution is 5.87. The molecular weight excluding hydrogens is 106 g/mol. The first kappa shape index (κ1) is 7.14. The van der Waals surface area contributed by atoms with E-state index in [0.29, 0.717) is 0 Å². The predicted octanol–water partition coefficient (Wildman–Crippen LogP) is 0.408. The third kappa shape index (κ3) is 2.34. The van der Waals surface area contributed by atoms with Crippen LogP contribution in [0.3, 0.4) is 0 Å². The standard InChI is InChI=1S/C5H9NO2/c1-4(3-6-2)5(7)8/h3-4H,1-2H3,(H,7,8)/t4-/m1/s1. The summed E-state index contributed by atoms with van der Waals surface area (Å²) in [6, 6.07) is 0. The zero-order valence-electron chi connectivity index (χ0n) is 4.96. The number of aliphatic carboxylic acids is 1. The van der Waals surface area contributed by atoms with Gasteiger partial charge in [0.15, 0.2) is 0 Å². The molecule has 1 N–H and O–H groups in total. The van der Waals surface area contributed by atoms with Crippen LogP contribution in [-0.4, -0.2) is 24.3 Å². The van der Waals surface area contributed by atoms with Crippen LogP contribution in [0.2, 0.25) is 0 Å². The lowest BCUT2D eigenvalue weighted by Gasteiger charge is -1.92. The molecule has 8 heavy (non-hydrogen) atoms. The average molecular weight is 115 g/mol. The topological polar surface area (TPSA) is 49.7 Å². The zero-order valence-corrected chi connectivity index (χ0v) is 4.96. The summed E-state index contributed by atoms with van der Waals surface area (Å²) in [7, 11) is 1.56. The molecule has 3 nitrogen and oxygen atoms in total. The van der Waals surface area contributed by atoms with Gasteiger partial charge < -0.3 is 5.11 Å². The second-order valence-corrected chi connectivity index (χ2v) is 1.53. The normalized spacial score (nSPS) is 14.2. The SMILES string of the molecule is CN=C[C@@H](C)C(=O)O. The summed E-state index contributed by atoms with van der Waals surface area (Å²) < 4.78 is 0. The third-order valence-corrected chi connectivity index (χ3v) is 0.762. The lowest BCUT2D eigenvalue weighted by Crippen LogP contribution is -2.09. The van der Waals surface area contributed by atoms with Gasteiger partial charge in [0.1, 0.15) is 0 Å². The maximum atomic E-state index is 10.00. The molecule has 1 atom stereocenters. The minimum atomic E-state index is -0.837. The molecule has 0 aliphatic carbocycles. The van der Waals surface area contributed by atoms with Crippen molar-refractivity contribution in [2.45, 2.75) is 6.92 Å². The minimum Gasteiger partial charge on any atom is -0.481 e. The van der Waals surface area contributed by atoms with Gasteiger partial charge in [0.2, 0.25) is 0 Å². The lowest BCUT2D eigenvalue weighted by molar-refractivity contribution is -0.138. The summed E-state index contributed by atoms with van der Waals surface area (Å²) in [6.45, 7) is 1.58. The summed E-state index contributed by atoms with van der Waals surface area (Å²) in [5, 5.41) is 8.22. The molecule has 0 aromatic carbocycles. The number of carboxylic acid groups (broad SMARTS) is 1. The molecule has 0 heterocycles. The van der Waals surface area contributed by atoms with E-state index in [1.54, 1.807) is 14.0 Å². The molecule has 0 spiro atoms. The van der Waals surface area contributed by atoms with E-state index < -0.39 is 11.9 Å². The molecule has 0 aliphatic heterocycles. The molecular formula is C5H9NO2. The largest absolute Gasteiger partial charge is 0.481 e. The third-order valence-electron chi connectivity index (χ3n) is 0.762. The van der Waals surface area contributed by atoms with Crippen LogP contribution < -0.4 is 0 Å². The van der Waals surface area contributed by atoms with E-state index in [1.165, 1.54) is 6.21 Å². The second-order valence-electron chi connectivity index (χ2n) is 1.53. The highest BCUT2D eigenvalue weighted by atomic mass is 16.4. The van der Waals surface area contributed by atoms with Gasteiger partial charge in [-0.25, -0.2) is 0 Å². The van der Waals surface area contributed by atoms with Crippen molar-refractivity contribution < 1.29 is 9.90 Å². The first-order chi connectivity index (χ1) is 3.68. The van der Waals surface area contributed by atoms with Gasteiger partial charge in [-0.2, -0.15) is 0 Å². The van der Waals surface area contributed by atoms with Gasteiger partial charge in [0.25, 0.3) is 0 Å². The van der Waals surface area contributed by atoms with E-state index in [2.05, 4.69) is 4.99 Å². The Labute approximate surface area is 48.1 Å². The summed E-state index contributed by atoms with van der Waals surface area (Å²) in [5.74, 6) is -1.30. The van der Waals surface area contributed by atoms with Gasteiger partial charge >= 0.3 is 5.97 Å². The molecule has 3 heteroatoms. The van der Waals surface area contributed by atoms with Crippen molar-refractivity contribution in [1.82, 2.24) is 0 Å². The highest BCUT2D eigenvalue weighted by Gasteiger charge is 2.04. The Hall–Kier alpha value is -0.860. The van der Waals surface area contributed by atoms with Gasteiger partial charge in [0, 0.05) is 13.3 Å². The first-order valence-corrected chi connectivity index (χ1v) is 2.33. The molecule has 0 aromatic heterocycles. The summed E-state index contributed by atoms with van der Waals surface area (Å²) >= 11 is 0. The highest BCUT2D eigenvalue weighted by Crippen LogP contribution is 1.87. The van der Waals surface area contributed by atoms with Gasteiger partial charge in [0.05, 0.1) is 5.92 Å². The fraction of sp³-hybridized carbons (Fsp3) is 0.600. The summed E-state index contributed by atoms with van der Waals surface area (Å²) in [5.41, 5.74) is 0. The Morgan fingerprint density at radius 2 is 2.38 bits per heavy atom. The maximum absolute atomic E-state index is 10.00. The molecule has 0 amide bonds. The molecule has 0 aromatic rings. The number of hydrogen-bond donors (Lipinski definition) is 1. The van der Waals surface area contributed by atoms with Gasteiger partial charge in [-0.05, 0) is 6.92 Å². The van der Waals surface area contributed by atoms with Crippen molar-refractivity contribution in [1.29, 1.82) is 0 Å². The Balaban J connectivity index is 3.64. The molecule has 0 rings (SSSR count). The fourth-order valence-electron chi connectivity index (χ4n) is 0.287. The molecule has 0 saturated carbocycles. The predicted molar refractivity (Wildman–Crippen MR) is 31.2 cm³/mol. The van der Waals surface area contributed by atoms with Gasteiger partial charge in [-0.15, -0.1) is 0 Å². The molecule has 0 aliphatic rings. The van der Waals surface area contributed by atoms with Crippen molar-refractivity contribution >= 4 is 12.2 Å². The van der Waals surface area contributed by atoms with Crippen LogP contribution in [0.1, 0.15) is 6.92 Å². The van der Waals surface area contributed by atoms with E-state index in [1.807, 2.05) is 0 Å². The molecule has 0 fully saturated rings. The Morgan fingerprint density at radius 1 is 1.88 bits per heavy atom. The minimum absolute atomic E-state index is 0.458. The van der Waals surface area contributed by atoms with Crippen molar-refractivity contribution in [3.05, 3.63) is 0 Å².